The summed E-state index contributed by atoms with van der Waals surface area (Å²) in [7, 11) is 3.48. The van der Waals surface area contributed by atoms with Crippen molar-refractivity contribution in [2.24, 2.45) is 0 Å². The molecule has 0 atom stereocenters. The third-order valence-corrected chi connectivity index (χ3v) is 3.58. The average Bonchev–Trinajstić information content (AvgIpc) is 2.48. The number of halogens is 1. The number of nitrogens with one attached hydrogen (secondary N) is 2. The summed E-state index contributed by atoms with van der Waals surface area (Å²) >= 11 is 6.24. The van der Waals surface area contributed by atoms with Gasteiger partial charge in [0.2, 0.25) is 0 Å². The van der Waals surface area contributed by atoms with Crippen LogP contribution in [0.15, 0.2) is 18.2 Å². The molecule has 1 aromatic heterocycles. The lowest BCUT2D eigenvalue weighted by Crippen LogP contribution is -2.09. The summed E-state index contributed by atoms with van der Waals surface area (Å²) in [5.74, 6) is 3.07. The van der Waals surface area contributed by atoms with Crippen LogP contribution in [0, 0.1) is 13.8 Å². The Morgan fingerprint density at radius 2 is 1.90 bits per heavy atom. The van der Waals surface area contributed by atoms with E-state index in [1.165, 1.54) is 0 Å². The number of anilines is 2. The maximum absolute atomic E-state index is 6.24. The third-order valence-electron chi connectivity index (χ3n) is 3.22. The molecule has 0 amide bonds. The van der Waals surface area contributed by atoms with Gasteiger partial charge >= 0.3 is 0 Å². The molecule has 0 unspecified atom stereocenters. The second-order valence-corrected chi connectivity index (χ2v) is 5.02. The topological polar surface area (TPSA) is 59.1 Å². The van der Waals surface area contributed by atoms with Crippen molar-refractivity contribution in [1.29, 1.82) is 0 Å². The molecule has 2 aromatic rings. The van der Waals surface area contributed by atoms with Crippen molar-refractivity contribution < 1.29 is 4.74 Å². The van der Waals surface area contributed by atoms with Crippen molar-refractivity contribution in [2.75, 3.05) is 24.8 Å². The van der Waals surface area contributed by atoms with Crippen molar-refractivity contribution in [2.45, 2.75) is 20.4 Å². The first-order chi connectivity index (χ1) is 10.1. The number of hydrogen-bond donors (Lipinski definition) is 2. The number of aromatic nitrogens is 2. The fourth-order valence-electron chi connectivity index (χ4n) is 2.12. The summed E-state index contributed by atoms with van der Waals surface area (Å²) < 4.78 is 5.34. The van der Waals surface area contributed by atoms with Crippen LogP contribution < -0.4 is 15.4 Å². The highest BCUT2D eigenvalue weighted by atomic mass is 35.5. The Labute approximate surface area is 129 Å². The van der Waals surface area contributed by atoms with Crippen molar-refractivity contribution in [3.05, 3.63) is 40.2 Å². The molecular weight excluding hydrogens is 288 g/mol. The van der Waals surface area contributed by atoms with Gasteiger partial charge in [0.25, 0.3) is 0 Å². The molecule has 0 saturated carbocycles. The molecule has 1 aromatic carbocycles. The predicted molar refractivity (Wildman–Crippen MR) is 86.4 cm³/mol. The van der Waals surface area contributed by atoms with Crippen LogP contribution in [-0.4, -0.2) is 24.1 Å². The summed E-state index contributed by atoms with van der Waals surface area (Å²) in [6, 6.07) is 5.60. The minimum atomic E-state index is 0.531. The number of rotatable bonds is 5. The van der Waals surface area contributed by atoms with E-state index >= 15 is 0 Å². The van der Waals surface area contributed by atoms with Gasteiger partial charge in [-0.15, -0.1) is 0 Å². The highest BCUT2D eigenvalue weighted by Crippen LogP contribution is 2.28. The van der Waals surface area contributed by atoms with Crippen molar-refractivity contribution >= 4 is 23.2 Å². The normalized spacial score (nSPS) is 10.3. The van der Waals surface area contributed by atoms with Crippen molar-refractivity contribution in [3.63, 3.8) is 0 Å². The predicted octanol–water partition coefficient (Wildman–Crippen LogP) is 3.41. The van der Waals surface area contributed by atoms with Gasteiger partial charge in [-0.3, -0.25) is 0 Å². The zero-order valence-electron chi connectivity index (χ0n) is 12.6. The highest BCUT2D eigenvalue weighted by Gasteiger charge is 2.11. The summed E-state index contributed by atoms with van der Waals surface area (Å²) in [5.41, 5.74) is 1.87. The number of hydrogen-bond acceptors (Lipinski definition) is 5. The van der Waals surface area contributed by atoms with E-state index in [-0.39, 0.29) is 0 Å². The Kier molecular flexibility index (Phi) is 4.85. The number of benzene rings is 1. The van der Waals surface area contributed by atoms with Gasteiger partial charge < -0.3 is 15.4 Å². The smallest absolute Gasteiger partial charge is 0.135 e. The minimum absolute atomic E-state index is 0.531. The van der Waals surface area contributed by atoms with Gasteiger partial charge in [0.15, 0.2) is 0 Å². The molecule has 21 heavy (non-hydrogen) atoms. The number of ether oxygens (including phenoxy) is 1. The molecule has 0 spiro atoms. The van der Waals surface area contributed by atoms with E-state index in [2.05, 4.69) is 20.6 Å². The van der Waals surface area contributed by atoms with E-state index in [4.69, 9.17) is 16.3 Å². The molecule has 0 aliphatic rings. The van der Waals surface area contributed by atoms with Crippen LogP contribution in [0.5, 0.6) is 5.75 Å². The Bertz CT molecular complexity index is 646. The molecule has 112 valence electrons. The standard InChI is InChI=1S/C15H19ClN4O/c1-9-14(17-3)19-10(2)20-15(9)18-8-11-12(16)6-5-7-13(11)21-4/h5-7H,8H2,1-4H3,(H2,17,18,19,20). The van der Waals surface area contributed by atoms with Crippen LogP contribution in [0.1, 0.15) is 17.0 Å². The first-order valence-electron chi connectivity index (χ1n) is 6.65. The largest absolute Gasteiger partial charge is 0.496 e. The molecular formula is C15H19ClN4O. The first kappa shape index (κ1) is 15.4. The quantitative estimate of drug-likeness (QED) is 0.886. The minimum Gasteiger partial charge on any atom is -0.496 e. The number of aryl methyl sites for hydroxylation is 1. The van der Waals surface area contributed by atoms with Gasteiger partial charge in [-0.25, -0.2) is 9.97 Å². The lowest BCUT2D eigenvalue weighted by molar-refractivity contribution is 0.410. The second-order valence-electron chi connectivity index (χ2n) is 4.62. The van der Waals surface area contributed by atoms with Crippen LogP contribution in [0.25, 0.3) is 0 Å². The monoisotopic (exact) mass is 306 g/mol. The number of nitrogens with zero attached hydrogens (tertiary/aromatic N) is 2. The Morgan fingerprint density at radius 3 is 2.57 bits per heavy atom. The lowest BCUT2D eigenvalue weighted by atomic mass is 10.2. The highest BCUT2D eigenvalue weighted by molar-refractivity contribution is 6.31. The third kappa shape index (κ3) is 3.36. The van der Waals surface area contributed by atoms with E-state index < -0.39 is 0 Å². The van der Waals surface area contributed by atoms with Crippen LogP contribution in [0.4, 0.5) is 11.6 Å². The van der Waals surface area contributed by atoms with Gasteiger partial charge in [0, 0.05) is 29.7 Å². The van der Waals surface area contributed by atoms with E-state index in [0.29, 0.717) is 17.4 Å². The zero-order valence-corrected chi connectivity index (χ0v) is 13.4. The SMILES string of the molecule is CNc1nc(C)nc(NCc2c(Cl)cccc2OC)c1C. The van der Waals surface area contributed by atoms with E-state index in [1.54, 1.807) is 7.11 Å². The van der Waals surface area contributed by atoms with Crippen LogP contribution >= 0.6 is 11.6 Å². The van der Waals surface area contributed by atoms with Crippen molar-refractivity contribution in [1.82, 2.24) is 9.97 Å². The summed E-state index contributed by atoms with van der Waals surface area (Å²) in [6.45, 7) is 4.36. The van der Waals surface area contributed by atoms with E-state index in [0.717, 1.165) is 28.5 Å². The molecule has 0 bridgehead atoms. The van der Waals surface area contributed by atoms with Gasteiger partial charge in [-0.2, -0.15) is 0 Å². The molecule has 0 aliphatic carbocycles. The maximum Gasteiger partial charge on any atom is 0.135 e. The molecule has 0 saturated heterocycles. The van der Waals surface area contributed by atoms with E-state index in [1.807, 2.05) is 39.1 Å². The molecule has 2 N–H and O–H groups in total. The van der Waals surface area contributed by atoms with Gasteiger partial charge in [0.1, 0.15) is 23.2 Å². The van der Waals surface area contributed by atoms with Crippen LogP contribution in [-0.2, 0) is 6.54 Å². The molecule has 0 radical (unpaired) electrons. The molecule has 6 heteroatoms. The van der Waals surface area contributed by atoms with Crippen LogP contribution in [0.3, 0.4) is 0 Å². The maximum atomic E-state index is 6.24. The van der Waals surface area contributed by atoms with Crippen LogP contribution in [0.2, 0.25) is 5.02 Å². The molecule has 2 rings (SSSR count). The lowest BCUT2D eigenvalue weighted by Gasteiger charge is -2.15. The Balaban J connectivity index is 2.27. The summed E-state index contributed by atoms with van der Waals surface area (Å²) in [5, 5.41) is 7.04. The van der Waals surface area contributed by atoms with Gasteiger partial charge in [-0.1, -0.05) is 17.7 Å². The molecule has 1 heterocycles. The number of methoxy groups -OCH3 is 1. The zero-order chi connectivity index (χ0) is 15.4. The first-order valence-corrected chi connectivity index (χ1v) is 7.02. The molecule has 0 fully saturated rings. The average molecular weight is 307 g/mol. The Morgan fingerprint density at radius 1 is 1.19 bits per heavy atom. The van der Waals surface area contributed by atoms with Crippen molar-refractivity contribution in [3.8, 4) is 5.75 Å². The fraction of sp³-hybridized carbons (Fsp3) is 0.333. The second kappa shape index (κ2) is 6.63. The van der Waals surface area contributed by atoms with Gasteiger partial charge in [0.05, 0.1) is 7.11 Å². The van der Waals surface area contributed by atoms with E-state index in [9.17, 15) is 0 Å². The molecule has 0 aliphatic heterocycles. The van der Waals surface area contributed by atoms with Gasteiger partial charge in [-0.05, 0) is 26.0 Å². The Hall–Kier alpha value is -2.01. The summed E-state index contributed by atoms with van der Waals surface area (Å²) in [4.78, 5) is 8.78. The fourth-order valence-corrected chi connectivity index (χ4v) is 2.35. The molecule has 5 nitrogen and oxygen atoms in total. The summed E-state index contributed by atoms with van der Waals surface area (Å²) in [6.07, 6.45) is 0.